The van der Waals surface area contributed by atoms with Crippen LogP contribution in [0.2, 0.25) is 0 Å². The first kappa shape index (κ1) is 15.4. The largest absolute Gasteiger partial charge is 0.336 e. The third-order valence-corrected chi connectivity index (χ3v) is 5.23. The Bertz CT molecular complexity index is 718. The van der Waals surface area contributed by atoms with Gasteiger partial charge >= 0.3 is 0 Å². The lowest BCUT2D eigenvalue weighted by molar-refractivity contribution is -0.133. The maximum atomic E-state index is 12.8. The zero-order valence-electron chi connectivity index (χ0n) is 13.9. The van der Waals surface area contributed by atoms with Gasteiger partial charge in [-0.1, -0.05) is 24.3 Å². The molecule has 2 aliphatic rings. The van der Waals surface area contributed by atoms with Gasteiger partial charge < -0.3 is 10.2 Å². The number of hydrogen-bond acceptors (Lipinski definition) is 3. The number of carbonyl (C=O) groups excluding carboxylic acids is 1. The van der Waals surface area contributed by atoms with E-state index in [2.05, 4.69) is 40.7 Å². The Labute approximate surface area is 142 Å². The van der Waals surface area contributed by atoms with Gasteiger partial charge in [-0.05, 0) is 43.0 Å². The van der Waals surface area contributed by atoms with Crippen molar-refractivity contribution in [1.29, 1.82) is 0 Å². The van der Waals surface area contributed by atoms with Crippen LogP contribution in [0.25, 0.3) is 0 Å². The maximum absolute atomic E-state index is 12.8. The van der Waals surface area contributed by atoms with Crippen molar-refractivity contribution in [2.45, 2.75) is 38.3 Å². The van der Waals surface area contributed by atoms with E-state index in [0.29, 0.717) is 12.5 Å². The molecule has 0 spiro atoms. The van der Waals surface area contributed by atoms with Crippen molar-refractivity contribution in [1.82, 2.24) is 20.0 Å². The van der Waals surface area contributed by atoms with Gasteiger partial charge in [-0.3, -0.25) is 9.48 Å². The van der Waals surface area contributed by atoms with Gasteiger partial charge in [-0.2, -0.15) is 5.10 Å². The molecule has 24 heavy (non-hydrogen) atoms. The van der Waals surface area contributed by atoms with Crippen LogP contribution in [0.3, 0.4) is 0 Å². The summed E-state index contributed by atoms with van der Waals surface area (Å²) in [5, 5.41) is 7.85. The van der Waals surface area contributed by atoms with Crippen molar-refractivity contribution < 1.29 is 4.79 Å². The number of aromatic nitrogens is 2. The highest BCUT2D eigenvalue weighted by atomic mass is 16.2. The van der Waals surface area contributed by atoms with E-state index < -0.39 is 0 Å². The van der Waals surface area contributed by atoms with Crippen LogP contribution in [0.5, 0.6) is 0 Å². The zero-order valence-corrected chi connectivity index (χ0v) is 13.9. The SMILES string of the molecule is O=C(Cn1nccc1C1CCCNC1)N1CCc2ccccc2C1. The summed E-state index contributed by atoms with van der Waals surface area (Å²) in [6, 6.07) is 10.5. The van der Waals surface area contributed by atoms with E-state index in [1.165, 1.54) is 29.7 Å². The second-order valence-corrected chi connectivity index (χ2v) is 6.79. The number of amides is 1. The van der Waals surface area contributed by atoms with Crippen molar-refractivity contribution in [2.75, 3.05) is 19.6 Å². The van der Waals surface area contributed by atoms with Gasteiger partial charge in [0.2, 0.25) is 5.91 Å². The van der Waals surface area contributed by atoms with E-state index >= 15 is 0 Å². The Morgan fingerprint density at radius 2 is 2.12 bits per heavy atom. The highest BCUT2D eigenvalue weighted by molar-refractivity contribution is 5.76. The molecule has 126 valence electrons. The van der Waals surface area contributed by atoms with E-state index in [1.54, 1.807) is 0 Å². The Hall–Kier alpha value is -2.14. The van der Waals surface area contributed by atoms with Crippen LogP contribution in [-0.2, 0) is 24.3 Å². The molecule has 0 radical (unpaired) electrons. The molecule has 0 bridgehead atoms. The molecule has 1 aromatic heterocycles. The molecule has 1 unspecified atom stereocenters. The fourth-order valence-corrected chi connectivity index (χ4v) is 3.86. The number of benzene rings is 1. The number of nitrogens with zero attached hydrogens (tertiary/aromatic N) is 3. The van der Waals surface area contributed by atoms with E-state index in [4.69, 9.17) is 0 Å². The lowest BCUT2D eigenvalue weighted by atomic mass is 9.96. The summed E-state index contributed by atoms with van der Waals surface area (Å²) in [4.78, 5) is 14.7. The average Bonchev–Trinajstić information content (AvgIpc) is 3.10. The van der Waals surface area contributed by atoms with Crippen LogP contribution in [0, 0.1) is 0 Å². The summed E-state index contributed by atoms with van der Waals surface area (Å²) < 4.78 is 1.90. The summed E-state index contributed by atoms with van der Waals surface area (Å²) >= 11 is 0. The molecule has 3 heterocycles. The lowest BCUT2D eigenvalue weighted by Crippen LogP contribution is -2.38. The molecule has 0 aliphatic carbocycles. The Morgan fingerprint density at radius 3 is 2.96 bits per heavy atom. The number of rotatable bonds is 3. The minimum absolute atomic E-state index is 0.165. The molecule has 1 N–H and O–H groups in total. The van der Waals surface area contributed by atoms with Gasteiger partial charge in [-0.15, -0.1) is 0 Å². The van der Waals surface area contributed by atoms with Crippen molar-refractivity contribution in [3.63, 3.8) is 0 Å². The lowest BCUT2D eigenvalue weighted by Gasteiger charge is -2.29. The summed E-state index contributed by atoms with van der Waals surface area (Å²) in [6.45, 7) is 3.95. The Kier molecular flexibility index (Phi) is 4.34. The molecule has 5 nitrogen and oxygen atoms in total. The van der Waals surface area contributed by atoms with Crippen LogP contribution >= 0.6 is 0 Å². The molecule has 5 heteroatoms. The van der Waals surface area contributed by atoms with Crippen molar-refractivity contribution in [3.8, 4) is 0 Å². The second kappa shape index (κ2) is 6.77. The van der Waals surface area contributed by atoms with Gasteiger partial charge in [0.15, 0.2) is 0 Å². The quantitative estimate of drug-likeness (QED) is 0.939. The molecular weight excluding hydrogens is 300 g/mol. The van der Waals surface area contributed by atoms with Crippen LogP contribution in [0.1, 0.15) is 35.6 Å². The van der Waals surface area contributed by atoms with Gasteiger partial charge in [0, 0.05) is 37.4 Å². The molecule has 1 amide bonds. The number of carbonyl (C=O) groups is 1. The highest BCUT2D eigenvalue weighted by Crippen LogP contribution is 2.23. The monoisotopic (exact) mass is 324 g/mol. The summed E-state index contributed by atoms with van der Waals surface area (Å²) in [6.07, 6.45) is 5.12. The fourth-order valence-electron chi connectivity index (χ4n) is 3.86. The minimum Gasteiger partial charge on any atom is -0.336 e. The van der Waals surface area contributed by atoms with E-state index in [0.717, 1.165) is 32.6 Å². The zero-order chi connectivity index (χ0) is 16.4. The maximum Gasteiger partial charge on any atom is 0.244 e. The van der Waals surface area contributed by atoms with Crippen LogP contribution in [0.4, 0.5) is 0 Å². The number of nitrogens with one attached hydrogen (secondary N) is 1. The van der Waals surface area contributed by atoms with Crippen LogP contribution < -0.4 is 5.32 Å². The molecule has 0 saturated carbocycles. The first-order valence-corrected chi connectivity index (χ1v) is 8.88. The molecular formula is C19H24N4O. The number of piperidine rings is 1. The standard InChI is InChI=1S/C19H24N4O/c24-19(22-11-8-15-4-1-2-5-17(15)13-22)14-23-18(7-10-21-23)16-6-3-9-20-12-16/h1-2,4-5,7,10,16,20H,3,6,8-9,11-14H2. The summed E-state index contributed by atoms with van der Waals surface area (Å²) in [5.74, 6) is 0.634. The first-order chi connectivity index (χ1) is 11.8. The first-order valence-electron chi connectivity index (χ1n) is 8.88. The van der Waals surface area contributed by atoms with Gasteiger partial charge in [-0.25, -0.2) is 0 Å². The molecule has 2 aliphatic heterocycles. The van der Waals surface area contributed by atoms with Crippen molar-refractivity contribution in [2.24, 2.45) is 0 Å². The minimum atomic E-state index is 0.165. The third-order valence-electron chi connectivity index (χ3n) is 5.23. The van der Waals surface area contributed by atoms with Crippen molar-refractivity contribution in [3.05, 3.63) is 53.3 Å². The van der Waals surface area contributed by atoms with Gasteiger partial charge in [0.05, 0.1) is 0 Å². The van der Waals surface area contributed by atoms with E-state index in [9.17, 15) is 4.79 Å². The molecule has 2 aromatic rings. The van der Waals surface area contributed by atoms with Crippen LogP contribution in [0.15, 0.2) is 36.5 Å². The van der Waals surface area contributed by atoms with Crippen molar-refractivity contribution >= 4 is 5.91 Å². The fraction of sp³-hybridized carbons (Fsp3) is 0.474. The topological polar surface area (TPSA) is 50.2 Å². The molecule has 1 atom stereocenters. The number of hydrogen-bond donors (Lipinski definition) is 1. The van der Waals surface area contributed by atoms with Crippen LogP contribution in [-0.4, -0.2) is 40.2 Å². The molecule has 4 rings (SSSR count). The third kappa shape index (κ3) is 3.08. The number of fused-ring (bicyclic) bond motifs is 1. The Morgan fingerprint density at radius 1 is 1.25 bits per heavy atom. The van der Waals surface area contributed by atoms with Gasteiger partial charge in [0.1, 0.15) is 6.54 Å². The molecule has 1 aromatic carbocycles. The summed E-state index contributed by atoms with van der Waals surface area (Å²) in [5.41, 5.74) is 3.83. The normalized spacial score (nSPS) is 20.7. The second-order valence-electron chi connectivity index (χ2n) is 6.79. The highest BCUT2D eigenvalue weighted by Gasteiger charge is 2.23. The summed E-state index contributed by atoms with van der Waals surface area (Å²) in [7, 11) is 0. The molecule has 1 fully saturated rings. The van der Waals surface area contributed by atoms with Gasteiger partial charge in [0.25, 0.3) is 0 Å². The Balaban J connectivity index is 1.45. The predicted octanol–water partition coefficient (Wildman–Crippen LogP) is 1.93. The smallest absolute Gasteiger partial charge is 0.244 e. The molecule has 1 saturated heterocycles. The average molecular weight is 324 g/mol. The van der Waals surface area contributed by atoms with E-state index in [-0.39, 0.29) is 5.91 Å². The van der Waals surface area contributed by atoms with E-state index in [1.807, 2.05) is 15.8 Å². The predicted molar refractivity (Wildman–Crippen MR) is 92.6 cm³/mol.